The quantitative estimate of drug-likeness (QED) is 0.774. The maximum absolute atomic E-state index is 12.2. The number of rotatable bonds is 6. The summed E-state index contributed by atoms with van der Waals surface area (Å²) in [6, 6.07) is 0. The van der Waals surface area contributed by atoms with Crippen LogP contribution in [0.5, 0.6) is 0 Å². The Morgan fingerprint density at radius 1 is 1.53 bits per heavy atom. The number of nitrogens with zero attached hydrogens (tertiary/aromatic N) is 1. The van der Waals surface area contributed by atoms with Crippen LogP contribution >= 0.6 is 11.5 Å². The van der Waals surface area contributed by atoms with Crippen molar-refractivity contribution in [2.45, 2.75) is 42.8 Å². The molecule has 0 amide bonds. The Bertz CT molecular complexity index is 492. The molecule has 7 heteroatoms. The van der Waals surface area contributed by atoms with Gasteiger partial charge in [0, 0.05) is 6.54 Å². The van der Waals surface area contributed by atoms with Crippen molar-refractivity contribution in [3.8, 4) is 0 Å². The van der Waals surface area contributed by atoms with Crippen molar-refractivity contribution in [2.75, 3.05) is 17.6 Å². The first-order chi connectivity index (χ1) is 8.07. The third-order valence-corrected chi connectivity index (χ3v) is 6.02. The lowest BCUT2D eigenvalue weighted by Crippen LogP contribution is -2.12. The van der Waals surface area contributed by atoms with Crippen molar-refractivity contribution in [3.63, 3.8) is 0 Å². The number of nitrogens with one attached hydrogen (secondary N) is 1. The van der Waals surface area contributed by atoms with E-state index in [0.29, 0.717) is 5.00 Å². The smallest absolute Gasteiger partial charge is 0.187 e. The van der Waals surface area contributed by atoms with E-state index in [-0.39, 0.29) is 16.0 Å². The molecule has 0 bridgehead atoms. The van der Waals surface area contributed by atoms with Crippen LogP contribution in [0.1, 0.15) is 32.6 Å². The molecule has 1 fully saturated rings. The van der Waals surface area contributed by atoms with E-state index in [1.54, 1.807) is 0 Å². The maximum atomic E-state index is 12.2. The SMILES string of the molecule is CCCCNc1snc(N)c1S(=O)(=O)C1CC1. The largest absolute Gasteiger partial charge is 0.382 e. The molecule has 0 saturated heterocycles. The molecule has 96 valence electrons. The molecule has 2 rings (SSSR count). The number of unbranched alkanes of at least 4 members (excludes halogenated alkanes) is 1. The van der Waals surface area contributed by atoms with Gasteiger partial charge in [-0.15, -0.1) is 0 Å². The highest BCUT2D eigenvalue weighted by Gasteiger charge is 2.40. The average Bonchev–Trinajstić information content (AvgIpc) is 3.05. The minimum absolute atomic E-state index is 0.140. The Hall–Kier alpha value is -0.820. The van der Waals surface area contributed by atoms with Crippen LogP contribution in [0.4, 0.5) is 10.8 Å². The second-order valence-corrected chi connectivity index (χ2v) is 7.19. The van der Waals surface area contributed by atoms with Gasteiger partial charge in [-0.2, -0.15) is 4.37 Å². The predicted molar refractivity (Wildman–Crippen MR) is 70.1 cm³/mol. The Labute approximate surface area is 105 Å². The zero-order valence-electron chi connectivity index (χ0n) is 9.77. The van der Waals surface area contributed by atoms with Crippen LogP contribution < -0.4 is 11.1 Å². The number of aromatic nitrogens is 1. The van der Waals surface area contributed by atoms with Crippen molar-refractivity contribution >= 4 is 32.2 Å². The number of nitrogen functional groups attached to an aromatic ring is 1. The Morgan fingerprint density at radius 2 is 2.24 bits per heavy atom. The highest BCUT2D eigenvalue weighted by Crippen LogP contribution is 2.40. The van der Waals surface area contributed by atoms with Crippen LogP contribution in [-0.4, -0.2) is 24.6 Å². The molecular weight excluding hydrogens is 258 g/mol. The van der Waals surface area contributed by atoms with Gasteiger partial charge in [-0.05, 0) is 30.8 Å². The third kappa shape index (κ3) is 2.55. The van der Waals surface area contributed by atoms with Crippen LogP contribution in [0, 0.1) is 0 Å². The molecule has 0 spiro atoms. The predicted octanol–water partition coefficient (Wildman–Crippen LogP) is 1.87. The second-order valence-electron chi connectivity index (χ2n) is 4.25. The first-order valence-corrected chi connectivity index (χ1v) is 8.12. The summed E-state index contributed by atoms with van der Waals surface area (Å²) >= 11 is 1.13. The van der Waals surface area contributed by atoms with Crippen molar-refractivity contribution < 1.29 is 8.42 Å². The number of nitrogens with two attached hydrogens (primary N) is 1. The Morgan fingerprint density at radius 3 is 2.82 bits per heavy atom. The minimum Gasteiger partial charge on any atom is -0.382 e. The average molecular weight is 275 g/mol. The summed E-state index contributed by atoms with van der Waals surface area (Å²) in [7, 11) is -3.26. The lowest BCUT2D eigenvalue weighted by atomic mass is 10.3. The van der Waals surface area contributed by atoms with E-state index in [9.17, 15) is 8.42 Å². The van der Waals surface area contributed by atoms with Crippen molar-refractivity contribution in [3.05, 3.63) is 0 Å². The molecule has 0 aromatic carbocycles. The van der Waals surface area contributed by atoms with E-state index in [1.165, 1.54) is 0 Å². The molecule has 0 atom stereocenters. The normalized spacial score (nSPS) is 16.1. The molecule has 1 aliphatic carbocycles. The highest BCUT2D eigenvalue weighted by molar-refractivity contribution is 7.92. The molecule has 3 N–H and O–H groups in total. The molecule has 1 heterocycles. The number of anilines is 2. The fourth-order valence-electron chi connectivity index (χ4n) is 1.61. The van der Waals surface area contributed by atoms with Gasteiger partial charge in [0.2, 0.25) is 0 Å². The molecule has 1 aromatic heterocycles. The van der Waals surface area contributed by atoms with E-state index in [0.717, 1.165) is 43.8 Å². The molecule has 1 aliphatic rings. The summed E-state index contributed by atoms with van der Waals surface area (Å²) in [6.07, 6.45) is 3.55. The van der Waals surface area contributed by atoms with E-state index in [4.69, 9.17) is 5.73 Å². The molecule has 1 saturated carbocycles. The van der Waals surface area contributed by atoms with Crippen molar-refractivity contribution in [2.24, 2.45) is 0 Å². The Balaban J connectivity index is 2.23. The summed E-state index contributed by atoms with van der Waals surface area (Å²) in [5.41, 5.74) is 5.68. The van der Waals surface area contributed by atoms with Crippen LogP contribution in [-0.2, 0) is 9.84 Å². The van der Waals surface area contributed by atoms with E-state index in [1.807, 2.05) is 0 Å². The molecule has 17 heavy (non-hydrogen) atoms. The maximum Gasteiger partial charge on any atom is 0.187 e. The van der Waals surface area contributed by atoms with E-state index >= 15 is 0 Å². The first kappa shape index (κ1) is 12.6. The summed E-state index contributed by atoms with van der Waals surface area (Å²) < 4.78 is 28.3. The number of sulfone groups is 1. The lowest BCUT2D eigenvalue weighted by Gasteiger charge is -2.06. The molecule has 0 radical (unpaired) electrons. The van der Waals surface area contributed by atoms with Gasteiger partial charge in [0.05, 0.1) is 5.25 Å². The highest BCUT2D eigenvalue weighted by atomic mass is 32.2. The summed E-state index contributed by atoms with van der Waals surface area (Å²) in [4.78, 5) is 0.223. The van der Waals surface area contributed by atoms with Crippen molar-refractivity contribution in [1.29, 1.82) is 0 Å². The third-order valence-electron chi connectivity index (χ3n) is 2.74. The van der Waals surface area contributed by atoms with Gasteiger partial charge in [-0.25, -0.2) is 8.42 Å². The zero-order chi connectivity index (χ0) is 12.5. The Kier molecular flexibility index (Phi) is 3.58. The molecule has 1 aromatic rings. The van der Waals surface area contributed by atoms with Gasteiger partial charge in [0.25, 0.3) is 0 Å². The van der Waals surface area contributed by atoms with Gasteiger partial charge in [0.1, 0.15) is 9.90 Å². The van der Waals surface area contributed by atoms with Gasteiger partial charge in [0.15, 0.2) is 15.7 Å². The van der Waals surface area contributed by atoms with E-state index in [2.05, 4.69) is 16.6 Å². The van der Waals surface area contributed by atoms with Gasteiger partial charge >= 0.3 is 0 Å². The van der Waals surface area contributed by atoms with Crippen LogP contribution in [0.25, 0.3) is 0 Å². The minimum atomic E-state index is -3.26. The molecule has 0 unspecified atom stereocenters. The fraction of sp³-hybridized carbons (Fsp3) is 0.700. The fourth-order valence-corrected chi connectivity index (χ4v) is 4.52. The first-order valence-electron chi connectivity index (χ1n) is 5.80. The van der Waals surface area contributed by atoms with Crippen LogP contribution in [0.3, 0.4) is 0 Å². The molecule has 0 aliphatic heterocycles. The summed E-state index contributed by atoms with van der Waals surface area (Å²) in [6.45, 7) is 2.84. The topological polar surface area (TPSA) is 85.1 Å². The van der Waals surface area contributed by atoms with Crippen molar-refractivity contribution in [1.82, 2.24) is 4.37 Å². The van der Waals surface area contributed by atoms with Gasteiger partial charge < -0.3 is 11.1 Å². The monoisotopic (exact) mass is 275 g/mol. The summed E-state index contributed by atoms with van der Waals surface area (Å²) in [5, 5.41) is 3.48. The van der Waals surface area contributed by atoms with Gasteiger partial charge in [-0.1, -0.05) is 13.3 Å². The van der Waals surface area contributed by atoms with Crippen LogP contribution in [0.15, 0.2) is 4.90 Å². The standard InChI is InChI=1S/C10H17N3O2S2/c1-2-3-6-12-10-8(9(11)13-16-10)17(14,15)7-4-5-7/h7,12H,2-6H2,1H3,(H2,11,13). The molecular formula is C10H17N3O2S2. The lowest BCUT2D eigenvalue weighted by molar-refractivity contribution is 0.595. The van der Waals surface area contributed by atoms with E-state index < -0.39 is 9.84 Å². The number of hydrogen-bond acceptors (Lipinski definition) is 6. The number of hydrogen-bond donors (Lipinski definition) is 2. The molecule has 5 nitrogen and oxygen atoms in total. The zero-order valence-corrected chi connectivity index (χ0v) is 11.4. The van der Waals surface area contributed by atoms with Gasteiger partial charge in [-0.3, -0.25) is 0 Å². The van der Waals surface area contributed by atoms with Crippen LogP contribution in [0.2, 0.25) is 0 Å². The second kappa shape index (κ2) is 4.81. The summed E-state index contributed by atoms with van der Waals surface area (Å²) in [5.74, 6) is 0.140.